The second kappa shape index (κ2) is 8.82. The maximum absolute atomic E-state index is 13.3. The number of fused-ring (bicyclic) bond motifs is 1. The van der Waals surface area contributed by atoms with Crippen molar-refractivity contribution in [3.05, 3.63) is 64.7 Å². The van der Waals surface area contributed by atoms with E-state index in [0.29, 0.717) is 28.2 Å². The lowest BCUT2D eigenvalue weighted by Gasteiger charge is -2.21. The summed E-state index contributed by atoms with van der Waals surface area (Å²) in [5, 5.41) is 4.11. The fraction of sp³-hybridized carbons (Fsp3) is 0.364. The number of unbranched alkanes of at least 4 members (excludes halogenated alkanes) is 2. The van der Waals surface area contributed by atoms with Gasteiger partial charge in [0.15, 0.2) is 0 Å². The van der Waals surface area contributed by atoms with E-state index >= 15 is 0 Å². The van der Waals surface area contributed by atoms with Gasteiger partial charge in [0.2, 0.25) is 0 Å². The van der Waals surface area contributed by atoms with Crippen LogP contribution in [0.3, 0.4) is 0 Å². The van der Waals surface area contributed by atoms with Crippen LogP contribution >= 0.6 is 0 Å². The van der Waals surface area contributed by atoms with E-state index in [2.05, 4.69) is 19.2 Å². The molecule has 3 aromatic rings. The fourth-order valence-corrected chi connectivity index (χ4v) is 3.27. The Morgan fingerprint density at radius 3 is 2.63 bits per heavy atom. The standard InChI is InChI=1S/C22H27N3O2/c1-4-5-10-15-23-16(2)21-24-18-12-7-6-11-17(18)22(26)25(21)19-13-8-9-14-20(19)27-3/h6-9,11-14,16,23H,4-5,10,15H2,1-3H3. The molecule has 2 aromatic carbocycles. The molecule has 0 saturated carbocycles. The first-order valence-corrected chi connectivity index (χ1v) is 9.55. The molecule has 3 rings (SSSR count). The number of aromatic nitrogens is 2. The Kier molecular flexibility index (Phi) is 6.24. The van der Waals surface area contributed by atoms with Gasteiger partial charge in [0.25, 0.3) is 5.56 Å². The zero-order valence-electron chi connectivity index (χ0n) is 16.2. The van der Waals surface area contributed by atoms with Crippen molar-refractivity contribution in [1.82, 2.24) is 14.9 Å². The zero-order valence-corrected chi connectivity index (χ0v) is 16.2. The summed E-state index contributed by atoms with van der Waals surface area (Å²) in [6.45, 7) is 5.13. The minimum Gasteiger partial charge on any atom is -0.495 e. The van der Waals surface area contributed by atoms with Gasteiger partial charge in [-0.25, -0.2) is 4.98 Å². The van der Waals surface area contributed by atoms with Crippen LogP contribution in [0.4, 0.5) is 0 Å². The van der Waals surface area contributed by atoms with E-state index in [9.17, 15) is 4.79 Å². The number of nitrogens with zero attached hydrogens (tertiary/aromatic N) is 2. The summed E-state index contributed by atoms with van der Waals surface area (Å²) < 4.78 is 7.19. The van der Waals surface area contributed by atoms with E-state index in [1.807, 2.05) is 48.5 Å². The molecule has 0 aliphatic rings. The Balaban J connectivity index is 2.14. The van der Waals surface area contributed by atoms with Gasteiger partial charge in [-0.2, -0.15) is 0 Å². The molecule has 0 spiro atoms. The third kappa shape index (κ3) is 4.03. The van der Waals surface area contributed by atoms with Gasteiger partial charge in [0, 0.05) is 0 Å². The summed E-state index contributed by atoms with van der Waals surface area (Å²) in [6, 6.07) is 15.0. The highest BCUT2D eigenvalue weighted by molar-refractivity contribution is 5.78. The highest BCUT2D eigenvalue weighted by atomic mass is 16.5. The van der Waals surface area contributed by atoms with Crippen LogP contribution in [-0.4, -0.2) is 23.2 Å². The Morgan fingerprint density at radius 1 is 1.11 bits per heavy atom. The molecule has 0 radical (unpaired) electrons. The molecule has 0 bridgehead atoms. The molecule has 1 atom stereocenters. The lowest BCUT2D eigenvalue weighted by Crippen LogP contribution is -2.30. The van der Waals surface area contributed by atoms with Crippen LogP contribution < -0.4 is 15.6 Å². The average molecular weight is 365 g/mol. The number of benzene rings is 2. The molecule has 5 nitrogen and oxygen atoms in total. The molecular weight excluding hydrogens is 338 g/mol. The first-order chi connectivity index (χ1) is 13.2. The highest BCUT2D eigenvalue weighted by Gasteiger charge is 2.19. The minimum absolute atomic E-state index is 0.0657. The number of nitrogens with one attached hydrogen (secondary N) is 1. The Bertz CT molecular complexity index is 965. The largest absolute Gasteiger partial charge is 0.495 e. The monoisotopic (exact) mass is 365 g/mol. The van der Waals surface area contributed by atoms with E-state index in [4.69, 9.17) is 9.72 Å². The molecule has 0 fully saturated rings. The van der Waals surface area contributed by atoms with Gasteiger partial charge in [-0.15, -0.1) is 0 Å². The first kappa shape index (κ1) is 19.1. The molecule has 0 aliphatic carbocycles. The lowest BCUT2D eigenvalue weighted by atomic mass is 10.2. The Morgan fingerprint density at radius 2 is 1.85 bits per heavy atom. The number of rotatable bonds is 8. The highest BCUT2D eigenvalue weighted by Crippen LogP contribution is 2.25. The van der Waals surface area contributed by atoms with Crippen molar-refractivity contribution in [2.75, 3.05) is 13.7 Å². The van der Waals surface area contributed by atoms with Gasteiger partial charge >= 0.3 is 0 Å². The van der Waals surface area contributed by atoms with Gasteiger partial charge in [0.05, 0.1) is 29.7 Å². The molecule has 1 unspecified atom stereocenters. The normalized spacial score (nSPS) is 12.3. The molecule has 27 heavy (non-hydrogen) atoms. The first-order valence-electron chi connectivity index (χ1n) is 9.55. The summed E-state index contributed by atoms with van der Waals surface area (Å²) in [7, 11) is 1.62. The van der Waals surface area contributed by atoms with E-state index < -0.39 is 0 Å². The summed E-state index contributed by atoms with van der Waals surface area (Å²) in [5.74, 6) is 1.34. The van der Waals surface area contributed by atoms with Crippen molar-refractivity contribution < 1.29 is 4.74 Å². The van der Waals surface area contributed by atoms with E-state index in [1.165, 1.54) is 12.8 Å². The van der Waals surface area contributed by atoms with Crippen LogP contribution in [0.1, 0.15) is 45.0 Å². The van der Waals surface area contributed by atoms with Crippen molar-refractivity contribution >= 4 is 10.9 Å². The molecule has 1 aromatic heterocycles. The van der Waals surface area contributed by atoms with Crippen LogP contribution in [0.2, 0.25) is 0 Å². The SMILES string of the molecule is CCCCCNC(C)c1nc2ccccc2c(=O)n1-c1ccccc1OC. The zero-order chi connectivity index (χ0) is 19.2. The molecule has 0 aliphatic heterocycles. The Hall–Kier alpha value is -2.66. The Labute approximate surface area is 160 Å². The number of ether oxygens (including phenoxy) is 1. The van der Waals surface area contributed by atoms with E-state index in [-0.39, 0.29) is 11.6 Å². The summed E-state index contributed by atoms with van der Waals surface area (Å²) in [5.41, 5.74) is 1.34. The van der Waals surface area contributed by atoms with Gasteiger partial charge in [-0.05, 0) is 44.2 Å². The van der Waals surface area contributed by atoms with Crippen LogP contribution in [0.25, 0.3) is 16.6 Å². The maximum atomic E-state index is 13.3. The second-order valence-corrected chi connectivity index (χ2v) is 6.68. The second-order valence-electron chi connectivity index (χ2n) is 6.68. The van der Waals surface area contributed by atoms with Crippen LogP contribution in [0.5, 0.6) is 5.75 Å². The molecular formula is C22H27N3O2. The van der Waals surface area contributed by atoms with Crippen molar-refractivity contribution in [2.24, 2.45) is 0 Å². The van der Waals surface area contributed by atoms with Crippen molar-refractivity contribution in [1.29, 1.82) is 0 Å². The van der Waals surface area contributed by atoms with Gasteiger partial charge < -0.3 is 10.1 Å². The molecule has 0 saturated heterocycles. The van der Waals surface area contributed by atoms with Gasteiger partial charge in [-0.1, -0.05) is 44.0 Å². The molecule has 5 heteroatoms. The van der Waals surface area contributed by atoms with Gasteiger partial charge in [-0.3, -0.25) is 9.36 Å². The molecule has 0 amide bonds. The predicted molar refractivity (Wildman–Crippen MR) is 110 cm³/mol. The fourth-order valence-electron chi connectivity index (χ4n) is 3.27. The lowest BCUT2D eigenvalue weighted by molar-refractivity contribution is 0.411. The van der Waals surface area contributed by atoms with Crippen LogP contribution in [0, 0.1) is 0 Å². The summed E-state index contributed by atoms with van der Waals surface area (Å²) in [4.78, 5) is 18.2. The van der Waals surface area contributed by atoms with Crippen molar-refractivity contribution in [3.8, 4) is 11.4 Å². The minimum atomic E-state index is -0.0812. The topological polar surface area (TPSA) is 56.2 Å². The predicted octanol–water partition coefficient (Wildman–Crippen LogP) is 4.24. The van der Waals surface area contributed by atoms with Gasteiger partial charge in [0.1, 0.15) is 11.6 Å². The summed E-state index contributed by atoms with van der Waals surface area (Å²) in [6.07, 6.45) is 3.47. The van der Waals surface area contributed by atoms with Crippen LogP contribution in [0.15, 0.2) is 53.3 Å². The number of para-hydroxylation sites is 3. The summed E-state index contributed by atoms with van der Waals surface area (Å²) >= 11 is 0. The molecule has 1 heterocycles. The number of methoxy groups -OCH3 is 1. The number of hydrogen-bond donors (Lipinski definition) is 1. The number of hydrogen-bond acceptors (Lipinski definition) is 4. The van der Waals surface area contributed by atoms with Crippen LogP contribution in [-0.2, 0) is 0 Å². The third-order valence-electron chi connectivity index (χ3n) is 4.75. The maximum Gasteiger partial charge on any atom is 0.266 e. The third-order valence-corrected chi connectivity index (χ3v) is 4.75. The molecule has 142 valence electrons. The van der Waals surface area contributed by atoms with Crippen molar-refractivity contribution in [3.63, 3.8) is 0 Å². The average Bonchev–Trinajstić information content (AvgIpc) is 2.71. The molecule has 1 N–H and O–H groups in total. The quantitative estimate of drug-likeness (QED) is 0.607. The smallest absolute Gasteiger partial charge is 0.266 e. The van der Waals surface area contributed by atoms with Crippen molar-refractivity contribution in [2.45, 2.75) is 39.2 Å². The van der Waals surface area contributed by atoms with E-state index in [0.717, 1.165) is 13.0 Å². The van der Waals surface area contributed by atoms with E-state index in [1.54, 1.807) is 11.7 Å².